The van der Waals surface area contributed by atoms with E-state index in [1.807, 2.05) is 0 Å². The molecule has 2 N–H and O–H groups in total. The molecule has 2 bridgehead atoms. The number of esters is 4. The first-order valence-corrected chi connectivity index (χ1v) is 15.0. The van der Waals surface area contributed by atoms with Crippen LogP contribution in [0.4, 0.5) is 0 Å². The molecule has 3 fully saturated rings. The average Bonchev–Trinajstić information content (AvgIpc) is 2.94. The van der Waals surface area contributed by atoms with Gasteiger partial charge in [-0.05, 0) is 37.1 Å². The molecular formula is C33H40O12. The molecule has 2 saturated carbocycles. The Morgan fingerprint density at radius 2 is 1.56 bits per heavy atom. The lowest BCUT2D eigenvalue weighted by atomic mass is 9.44. The minimum atomic E-state index is -2.15. The fourth-order valence-electron chi connectivity index (χ4n) is 8.26. The van der Waals surface area contributed by atoms with E-state index in [1.54, 1.807) is 39.0 Å². The molecule has 0 amide bonds. The number of aliphatic hydroxyl groups is 2. The second-order valence-electron chi connectivity index (χ2n) is 13.4. The highest BCUT2D eigenvalue weighted by Crippen LogP contribution is 2.64. The van der Waals surface area contributed by atoms with Gasteiger partial charge in [0, 0.05) is 39.0 Å². The number of hydrogen-bond donors (Lipinski definition) is 2. The summed E-state index contributed by atoms with van der Waals surface area (Å²) in [5, 5.41) is 24.4. The molecule has 244 valence electrons. The maximum Gasteiger partial charge on any atom is 0.338 e. The van der Waals surface area contributed by atoms with Crippen LogP contribution in [0.5, 0.6) is 0 Å². The number of rotatable bonds is 5. The summed E-state index contributed by atoms with van der Waals surface area (Å²) in [5.41, 5.74) is -6.56. The summed E-state index contributed by atoms with van der Waals surface area (Å²) in [6.45, 7) is 9.56. The van der Waals surface area contributed by atoms with Crippen molar-refractivity contribution in [2.45, 2.75) is 103 Å². The summed E-state index contributed by atoms with van der Waals surface area (Å²) < 4.78 is 29.6. The second-order valence-corrected chi connectivity index (χ2v) is 13.4. The van der Waals surface area contributed by atoms with E-state index in [2.05, 4.69) is 0 Å². The molecule has 1 heterocycles. The van der Waals surface area contributed by atoms with Gasteiger partial charge < -0.3 is 33.9 Å². The summed E-state index contributed by atoms with van der Waals surface area (Å²) in [6, 6.07) is 8.01. The van der Waals surface area contributed by atoms with Crippen LogP contribution < -0.4 is 0 Å². The van der Waals surface area contributed by atoms with Crippen molar-refractivity contribution in [3.8, 4) is 0 Å². The minimum absolute atomic E-state index is 0.0831. The topological polar surface area (TPSA) is 172 Å². The van der Waals surface area contributed by atoms with Gasteiger partial charge in [-0.3, -0.25) is 19.2 Å². The molecule has 9 atom stereocenters. The molecule has 1 aromatic carbocycles. The monoisotopic (exact) mass is 628 g/mol. The molecule has 0 aromatic heterocycles. The first-order chi connectivity index (χ1) is 20.9. The average molecular weight is 629 g/mol. The van der Waals surface area contributed by atoms with Gasteiger partial charge >= 0.3 is 23.9 Å². The normalized spacial score (nSPS) is 38.3. The Morgan fingerprint density at radius 3 is 2.09 bits per heavy atom. The number of benzene rings is 1. The highest BCUT2D eigenvalue weighted by Gasteiger charge is 2.79. The van der Waals surface area contributed by atoms with Gasteiger partial charge in [0.05, 0.1) is 29.6 Å². The zero-order valence-electron chi connectivity index (χ0n) is 26.4. The fourth-order valence-corrected chi connectivity index (χ4v) is 8.26. The molecule has 4 aliphatic rings. The van der Waals surface area contributed by atoms with Gasteiger partial charge in [-0.2, -0.15) is 0 Å². The molecule has 5 rings (SSSR count). The molecule has 0 spiro atoms. The standard InChI is InChI=1S/C33H40O12/c1-16-21(37)14-33(40)28(44-29(39)20-11-9-8-10-12-20)26-31(7,27(38)25(43-18(3)35)24(16)30(33,5)6)22(42-17(2)34)13-23-32(26,15-41-23)45-19(4)36/h8-12,21-23,25-26,28,37,40H,13-15H2,1-7H3/t21-,22-,23+,25+,26-,28-,31+,32-,33+/m0/s1. The Bertz CT molecular complexity index is 1460. The van der Waals surface area contributed by atoms with E-state index >= 15 is 4.79 Å². The van der Waals surface area contributed by atoms with E-state index in [0.29, 0.717) is 5.57 Å². The fraction of sp³-hybridized carbons (Fsp3) is 0.606. The number of Topliss-reactive ketones (excluding diaryl/α,β-unsaturated/α-hetero) is 1. The lowest BCUT2D eigenvalue weighted by Crippen LogP contribution is -2.82. The summed E-state index contributed by atoms with van der Waals surface area (Å²) >= 11 is 0. The highest BCUT2D eigenvalue weighted by molar-refractivity contribution is 5.95. The Morgan fingerprint density at radius 1 is 0.933 bits per heavy atom. The Hall–Kier alpha value is -3.61. The van der Waals surface area contributed by atoms with Crippen LogP contribution in [-0.2, 0) is 42.9 Å². The number of hydrogen-bond acceptors (Lipinski definition) is 12. The first-order valence-electron chi connectivity index (χ1n) is 15.0. The van der Waals surface area contributed by atoms with Crippen molar-refractivity contribution in [3.05, 3.63) is 47.0 Å². The van der Waals surface area contributed by atoms with E-state index in [-0.39, 0.29) is 30.6 Å². The molecule has 1 aliphatic heterocycles. The molecule has 12 heteroatoms. The third-order valence-electron chi connectivity index (χ3n) is 10.5. The molecule has 45 heavy (non-hydrogen) atoms. The molecular weight excluding hydrogens is 588 g/mol. The van der Waals surface area contributed by atoms with Crippen molar-refractivity contribution >= 4 is 29.7 Å². The smallest absolute Gasteiger partial charge is 0.338 e. The van der Waals surface area contributed by atoms with Crippen LogP contribution in [-0.4, -0.2) is 88.2 Å². The third-order valence-corrected chi connectivity index (χ3v) is 10.5. The summed E-state index contributed by atoms with van der Waals surface area (Å²) in [7, 11) is 0. The van der Waals surface area contributed by atoms with Crippen LogP contribution in [0, 0.1) is 16.7 Å². The Balaban J connectivity index is 1.87. The zero-order chi connectivity index (χ0) is 33.3. The number of carbonyl (C=O) groups excluding carboxylic acids is 5. The molecule has 1 saturated heterocycles. The zero-order valence-corrected chi connectivity index (χ0v) is 26.4. The van der Waals surface area contributed by atoms with E-state index < -0.39 is 88.1 Å². The molecule has 1 aromatic rings. The predicted molar refractivity (Wildman–Crippen MR) is 154 cm³/mol. The second kappa shape index (κ2) is 11.0. The molecule has 12 nitrogen and oxygen atoms in total. The largest absolute Gasteiger partial charge is 0.461 e. The van der Waals surface area contributed by atoms with Crippen molar-refractivity contribution in [1.82, 2.24) is 0 Å². The highest BCUT2D eigenvalue weighted by atomic mass is 16.6. The third kappa shape index (κ3) is 4.80. The van der Waals surface area contributed by atoms with Crippen LogP contribution in [0.15, 0.2) is 41.5 Å². The van der Waals surface area contributed by atoms with E-state index in [4.69, 9.17) is 23.7 Å². The lowest BCUT2D eigenvalue weighted by molar-refractivity contribution is -0.346. The van der Waals surface area contributed by atoms with Crippen molar-refractivity contribution in [2.75, 3.05) is 6.61 Å². The lowest BCUT2D eigenvalue weighted by Gasteiger charge is -2.67. The van der Waals surface area contributed by atoms with Crippen molar-refractivity contribution in [2.24, 2.45) is 16.7 Å². The maximum absolute atomic E-state index is 15.1. The van der Waals surface area contributed by atoms with E-state index in [1.165, 1.54) is 32.9 Å². The van der Waals surface area contributed by atoms with Gasteiger partial charge in [-0.25, -0.2) is 4.79 Å². The SMILES string of the molecule is CC(=O)O[C@H]1C(=O)[C@]2(C)[C@@H](OC(C)=O)C[C@H]3OC[C@@]3(OC(C)=O)[C@H]2[C@H](OC(=O)c2ccccc2)[C@]2(O)C[C@H](O)C(C)=C1C2(C)C. The Labute approximate surface area is 261 Å². The van der Waals surface area contributed by atoms with Crippen LogP contribution in [0.25, 0.3) is 0 Å². The molecule has 3 aliphatic carbocycles. The number of aliphatic hydroxyl groups excluding tert-OH is 1. The van der Waals surface area contributed by atoms with Gasteiger partial charge in [0.15, 0.2) is 17.5 Å². The maximum atomic E-state index is 15.1. The molecule has 0 unspecified atom stereocenters. The van der Waals surface area contributed by atoms with Gasteiger partial charge in [0.25, 0.3) is 0 Å². The molecule has 0 radical (unpaired) electrons. The van der Waals surface area contributed by atoms with Gasteiger partial charge in [0.2, 0.25) is 0 Å². The quantitative estimate of drug-likeness (QED) is 0.277. The van der Waals surface area contributed by atoms with Gasteiger partial charge in [-0.15, -0.1) is 0 Å². The van der Waals surface area contributed by atoms with Gasteiger partial charge in [-0.1, -0.05) is 32.0 Å². The van der Waals surface area contributed by atoms with Gasteiger partial charge in [0.1, 0.15) is 23.9 Å². The van der Waals surface area contributed by atoms with Crippen LogP contribution in [0.3, 0.4) is 0 Å². The number of ketones is 1. The summed E-state index contributed by atoms with van der Waals surface area (Å²) in [6.07, 6.45) is -7.21. The first kappa shape index (κ1) is 32.8. The summed E-state index contributed by atoms with van der Waals surface area (Å²) in [4.78, 5) is 66.8. The Kier molecular flexibility index (Phi) is 8.03. The number of fused-ring (bicyclic) bond motifs is 5. The number of carbonyl (C=O) groups is 5. The predicted octanol–water partition coefficient (Wildman–Crippen LogP) is 2.22. The van der Waals surface area contributed by atoms with Crippen molar-refractivity contribution < 1.29 is 57.9 Å². The van der Waals surface area contributed by atoms with Crippen molar-refractivity contribution in [3.63, 3.8) is 0 Å². The minimum Gasteiger partial charge on any atom is -0.461 e. The van der Waals surface area contributed by atoms with E-state index in [9.17, 15) is 29.4 Å². The summed E-state index contributed by atoms with van der Waals surface area (Å²) in [5.74, 6) is -5.22. The number of ether oxygens (including phenoxy) is 5. The van der Waals surface area contributed by atoms with Crippen LogP contribution in [0.1, 0.15) is 71.7 Å². The van der Waals surface area contributed by atoms with E-state index in [0.717, 1.165) is 6.92 Å². The van der Waals surface area contributed by atoms with Crippen molar-refractivity contribution in [1.29, 1.82) is 0 Å². The van der Waals surface area contributed by atoms with Crippen LogP contribution >= 0.6 is 0 Å². The van der Waals surface area contributed by atoms with Crippen LogP contribution in [0.2, 0.25) is 0 Å².